The molecule has 8 nitrogen and oxygen atoms in total. The van der Waals surface area contributed by atoms with Gasteiger partial charge in [0, 0.05) is 18.2 Å². The monoisotopic (exact) mass is 343 g/mol. The van der Waals surface area contributed by atoms with Gasteiger partial charge in [-0.1, -0.05) is 6.07 Å². The van der Waals surface area contributed by atoms with E-state index < -0.39 is 22.5 Å². The molecule has 0 saturated carbocycles. The Kier molecular flexibility index (Phi) is 7.14. The molecule has 4 N–H and O–H groups in total. The van der Waals surface area contributed by atoms with Crippen molar-refractivity contribution in [1.82, 2.24) is 4.72 Å². The summed E-state index contributed by atoms with van der Waals surface area (Å²) >= 11 is 0. The molecule has 1 atom stereocenters. The maximum atomic E-state index is 12.1. The predicted molar refractivity (Wildman–Crippen MR) is 85.2 cm³/mol. The average Bonchev–Trinajstić information content (AvgIpc) is 2.51. The van der Waals surface area contributed by atoms with Crippen molar-refractivity contribution in [3.63, 3.8) is 0 Å². The Hall–Kier alpha value is -1.97. The van der Waals surface area contributed by atoms with Crippen LogP contribution < -0.4 is 15.8 Å². The van der Waals surface area contributed by atoms with Crippen molar-refractivity contribution in [2.75, 3.05) is 19.0 Å². The van der Waals surface area contributed by atoms with Gasteiger partial charge in [0.15, 0.2) is 0 Å². The molecular weight excluding hydrogens is 322 g/mol. The Balaban J connectivity index is 2.75. The molecule has 1 rings (SSSR count). The van der Waals surface area contributed by atoms with Crippen LogP contribution >= 0.6 is 0 Å². The van der Waals surface area contributed by atoms with Crippen LogP contribution in [-0.2, 0) is 24.3 Å². The first-order valence-electron chi connectivity index (χ1n) is 6.96. The van der Waals surface area contributed by atoms with E-state index in [2.05, 4.69) is 14.8 Å². The maximum Gasteiger partial charge on any atom is 0.320 e. The number of sulfonamides is 1. The fourth-order valence-electron chi connectivity index (χ4n) is 1.63. The second-order valence-electron chi connectivity index (χ2n) is 4.99. The normalized spacial score (nSPS) is 12.5. The lowest BCUT2D eigenvalue weighted by molar-refractivity contribution is -0.139. The van der Waals surface area contributed by atoms with Crippen LogP contribution in [0.4, 0.5) is 5.69 Å². The summed E-state index contributed by atoms with van der Waals surface area (Å²) in [5.41, 5.74) is 5.93. The number of anilines is 1. The number of methoxy groups -OCH3 is 1. The Morgan fingerprint density at radius 3 is 2.65 bits per heavy atom. The third-order valence-electron chi connectivity index (χ3n) is 2.89. The summed E-state index contributed by atoms with van der Waals surface area (Å²) in [7, 11) is -2.71. The van der Waals surface area contributed by atoms with Crippen molar-refractivity contribution < 1.29 is 22.7 Å². The third kappa shape index (κ3) is 6.76. The Morgan fingerprint density at radius 2 is 2.04 bits per heavy atom. The number of nitrogens with two attached hydrogens (primary N) is 1. The van der Waals surface area contributed by atoms with E-state index in [0.29, 0.717) is 12.1 Å². The van der Waals surface area contributed by atoms with E-state index >= 15 is 0 Å². The highest BCUT2D eigenvalue weighted by atomic mass is 32.2. The van der Waals surface area contributed by atoms with Crippen LogP contribution in [0.1, 0.15) is 19.8 Å². The first-order valence-corrected chi connectivity index (χ1v) is 8.45. The Labute approximate surface area is 135 Å². The molecule has 0 saturated heterocycles. The molecule has 1 amide bonds. The van der Waals surface area contributed by atoms with E-state index in [1.54, 1.807) is 13.0 Å². The number of rotatable bonds is 8. The molecule has 0 aromatic heterocycles. The summed E-state index contributed by atoms with van der Waals surface area (Å²) in [6, 6.07) is 5.65. The number of amides is 1. The lowest BCUT2D eigenvalue weighted by Crippen LogP contribution is -2.30. The van der Waals surface area contributed by atoms with Crippen LogP contribution in [-0.4, -0.2) is 40.0 Å². The van der Waals surface area contributed by atoms with E-state index in [9.17, 15) is 18.0 Å². The molecule has 1 aromatic rings. The Bertz CT molecular complexity index is 658. The van der Waals surface area contributed by atoms with Gasteiger partial charge in [0.05, 0.1) is 12.0 Å². The number of carbonyl (C=O) groups is 2. The van der Waals surface area contributed by atoms with Crippen molar-refractivity contribution in [1.29, 1.82) is 0 Å². The minimum absolute atomic E-state index is 0.0635. The van der Waals surface area contributed by atoms with Crippen molar-refractivity contribution >= 4 is 27.6 Å². The number of hydrogen-bond acceptors (Lipinski definition) is 6. The molecule has 0 heterocycles. The number of esters is 1. The average molecular weight is 343 g/mol. The molecule has 23 heavy (non-hydrogen) atoms. The van der Waals surface area contributed by atoms with Crippen LogP contribution in [0.5, 0.6) is 0 Å². The van der Waals surface area contributed by atoms with Crippen molar-refractivity contribution in [2.24, 2.45) is 5.73 Å². The molecule has 0 aliphatic rings. The topological polar surface area (TPSA) is 128 Å². The number of hydrogen-bond donors (Lipinski definition) is 3. The summed E-state index contributed by atoms with van der Waals surface area (Å²) in [4.78, 5) is 22.7. The largest absolute Gasteiger partial charge is 0.468 e. The zero-order valence-corrected chi connectivity index (χ0v) is 13.9. The summed E-state index contributed by atoms with van der Waals surface area (Å²) in [5, 5.41) is 2.61. The summed E-state index contributed by atoms with van der Waals surface area (Å²) in [6.45, 7) is 1.33. The van der Waals surface area contributed by atoms with Gasteiger partial charge in [0.25, 0.3) is 0 Å². The predicted octanol–water partition coefficient (Wildman–Crippen LogP) is 0.204. The van der Waals surface area contributed by atoms with Gasteiger partial charge in [-0.3, -0.25) is 9.59 Å². The van der Waals surface area contributed by atoms with Gasteiger partial charge in [-0.25, -0.2) is 8.42 Å². The number of nitrogens with one attached hydrogen (secondary N) is 2. The highest BCUT2D eigenvalue weighted by Crippen LogP contribution is 2.15. The smallest absolute Gasteiger partial charge is 0.320 e. The second kappa shape index (κ2) is 8.61. The number of benzene rings is 1. The van der Waals surface area contributed by atoms with Gasteiger partial charge in [-0.15, -0.1) is 0 Å². The fourth-order valence-corrected chi connectivity index (χ4v) is 2.65. The zero-order valence-electron chi connectivity index (χ0n) is 13.0. The van der Waals surface area contributed by atoms with Crippen LogP contribution in [0.2, 0.25) is 0 Å². The lowest BCUT2D eigenvalue weighted by atomic mass is 10.2. The van der Waals surface area contributed by atoms with E-state index in [1.165, 1.54) is 18.2 Å². The minimum atomic E-state index is -3.87. The summed E-state index contributed by atoms with van der Waals surface area (Å²) in [6.07, 6.45) is 0.778. The summed E-state index contributed by atoms with van der Waals surface area (Å²) < 4.78 is 30.6. The molecule has 1 aromatic carbocycles. The molecule has 0 fully saturated rings. The molecule has 9 heteroatoms. The standard InChI is InChI=1S/C14H21N3O5S/c1-10(15)6-7-13(18)17-11-4-3-5-12(8-11)23(20,21)16-9-14(19)22-2/h3-5,8,10,16H,6-7,9,15H2,1-2H3,(H,17,18). The molecule has 0 bridgehead atoms. The molecule has 0 aliphatic heterocycles. The minimum Gasteiger partial charge on any atom is -0.468 e. The third-order valence-corrected chi connectivity index (χ3v) is 4.29. The van der Waals surface area contributed by atoms with Crippen LogP contribution in [0.15, 0.2) is 29.2 Å². The molecule has 0 spiro atoms. The number of ether oxygens (including phenoxy) is 1. The molecule has 0 radical (unpaired) electrons. The van der Waals surface area contributed by atoms with Crippen LogP contribution in [0, 0.1) is 0 Å². The lowest BCUT2D eigenvalue weighted by Gasteiger charge is -2.09. The summed E-state index contributed by atoms with van der Waals surface area (Å²) in [5.74, 6) is -0.951. The van der Waals surface area contributed by atoms with Gasteiger partial charge >= 0.3 is 5.97 Å². The van der Waals surface area contributed by atoms with E-state index in [4.69, 9.17) is 5.73 Å². The van der Waals surface area contributed by atoms with Crippen LogP contribution in [0.25, 0.3) is 0 Å². The molecule has 128 valence electrons. The molecule has 1 unspecified atom stereocenters. The zero-order chi connectivity index (χ0) is 17.5. The highest BCUT2D eigenvalue weighted by molar-refractivity contribution is 7.89. The van der Waals surface area contributed by atoms with Gasteiger partial charge in [-0.05, 0) is 31.5 Å². The highest BCUT2D eigenvalue weighted by Gasteiger charge is 2.16. The van der Waals surface area contributed by atoms with E-state index in [1.807, 2.05) is 0 Å². The van der Waals surface area contributed by atoms with Crippen LogP contribution in [0.3, 0.4) is 0 Å². The van der Waals surface area contributed by atoms with Gasteiger partial charge in [0.2, 0.25) is 15.9 Å². The Morgan fingerprint density at radius 1 is 1.35 bits per heavy atom. The van der Waals surface area contributed by atoms with Gasteiger partial charge in [0.1, 0.15) is 6.54 Å². The second-order valence-corrected chi connectivity index (χ2v) is 6.76. The van der Waals surface area contributed by atoms with Crippen molar-refractivity contribution in [3.05, 3.63) is 24.3 Å². The molecular formula is C14H21N3O5S. The SMILES string of the molecule is COC(=O)CNS(=O)(=O)c1cccc(NC(=O)CCC(C)N)c1. The maximum absolute atomic E-state index is 12.1. The number of carbonyl (C=O) groups excluding carboxylic acids is 2. The molecule has 0 aliphatic carbocycles. The van der Waals surface area contributed by atoms with E-state index in [-0.39, 0.29) is 23.3 Å². The first kappa shape index (κ1) is 19.1. The first-order chi connectivity index (χ1) is 10.7. The van der Waals surface area contributed by atoms with Gasteiger partial charge < -0.3 is 15.8 Å². The van der Waals surface area contributed by atoms with Gasteiger partial charge in [-0.2, -0.15) is 4.72 Å². The quantitative estimate of drug-likeness (QED) is 0.579. The van der Waals surface area contributed by atoms with E-state index in [0.717, 1.165) is 7.11 Å². The van der Waals surface area contributed by atoms with Crippen molar-refractivity contribution in [3.8, 4) is 0 Å². The fraction of sp³-hybridized carbons (Fsp3) is 0.429. The van der Waals surface area contributed by atoms with Crippen molar-refractivity contribution in [2.45, 2.75) is 30.7 Å².